The minimum Gasteiger partial charge on any atom is -0.342 e. The summed E-state index contributed by atoms with van der Waals surface area (Å²) in [5.41, 5.74) is 1.71. The summed E-state index contributed by atoms with van der Waals surface area (Å²) in [6.07, 6.45) is 2.74. The van der Waals surface area contributed by atoms with Gasteiger partial charge in [0.25, 0.3) is 5.56 Å². The second-order valence-electron chi connectivity index (χ2n) is 7.18. The van der Waals surface area contributed by atoms with Gasteiger partial charge in [0.1, 0.15) is 12.0 Å². The third-order valence-electron chi connectivity index (χ3n) is 5.47. The molecule has 136 valence electrons. The van der Waals surface area contributed by atoms with E-state index < -0.39 is 5.82 Å². The molecule has 0 radical (unpaired) electrons. The van der Waals surface area contributed by atoms with Crippen LogP contribution in [0.4, 0.5) is 4.39 Å². The van der Waals surface area contributed by atoms with Gasteiger partial charge in [0.2, 0.25) is 5.91 Å². The van der Waals surface area contributed by atoms with Gasteiger partial charge < -0.3 is 9.47 Å². The molecule has 4 rings (SSSR count). The zero-order valence-electron chi connectivity index (χ0n) is 14.9. The number of amides is 1. The molecular weight excluding hydrogens is 335 g/mol. The monoisotopic (exact) mass is 356 g/mol. The molecule has 2 aromatic rings. The molecular formula is C19H21FN4O2. The number of pyridine rings is 1. The zero-order chi connectivity index (χ0) is 18.4. The summed E-state index contributed by atoms with van der Waals surface area (Å²) in [5, 5.41) is 0. The maximum Gasteiger partial charge on any atom is 0.251 e. The van der Waals surface area contributed by atoms with Crippen LogP contribution in [0.2, 0.25) is 0 Å². The van der Waals surface area contributed by atoms with E-state index in [1.54, 1.807) is 11.5 Å². The average Bonchev–Trinajstić information content (AvgIpc) is 2.62. The summed E-state index contributed by atoms with van der Waals surface area (Å²) < 4.78 is 16.4. The van der Waals surface area contributed by atoms with Crippen LogP contribution in [-0.4, -0.2) is 38.4 Å². The second kappa shape index (κ2) is 6.30. The van der Waals surface area contributed by atoms with Crippen molar-refractivity contribution >= 4 is 5.91 Å². The molecule has 2 aliphatic rings. The molecule has 6 nitrogen and oxygen atoms in total. The normalized spacial score (nSPS) is 21.4. The van der Waals surface area contributed by atoms with Gasteiger partial charge in [-0.15, -0.1) is 0 Å². The number of fused-ring (bicyclic) bond motifs is 4. The molecule has 7 heteroatoms. The predicted octanol–water partition coefficient (Wildman–Crippen LogP) is 1.97. The van der Waals surface area contributed by atoms with Gasteiger partial charge in [-0.3, -0.25) is 9.59 Å². The zero-order valence-corrected chi connectivity index (χ0v) is 14.9. The predicted molar refractivity (Wildman–Crippen MR) is 94.2 cm³/mol. The van der Waals surface area contributed by atoms with E-state index in [0.29, 0.717) is 37.3 Å². The van der Waals surface area contributed by atoms with Gasteiger partial charge >= 0.3 is 0 Å². The first-order valence-electron chi connectivity index (χ1n) is 8.98. The standard InChI is InChI=1S/C19H21FN4O2/c1-3-15-18(20)19(22-10-21-15)13-5-16-14-4-12(7-23(9-14)11(2)25)8-24(16)17(26)6-13/h5-6,10,12,14H,3-4,7-9H2,1-2H3/t12-,14+/m0/s1. The van der Waals surface area contributed by atoms with Gasteiger partial charge in [-0.25, -0.2) is 14.4 Å². The number of halogens is 1. The Morgan fingerprint density at radius 2 is 2.08 bits per heavy atom. The number of rotatable bonds is 2. The highest BCUT2D eigenvalue weighted by molar-refractivity contribution is 5.73. The van der Waals surface area contributed by atoms with Crippen molar-refractivity contribution in [3.63, 3.8) is 0 Å². The smallest absolute Gasteiger partial charge is 0.251 e. The van der Waals surface area contributed by atoms with Crippen molar-refractivity contribution in [3.8, 4) is 11.3 Å². The number of hydrogen-bond donors (Lipinski definition) is 0. The van der Waals surface area contributed by atoms with Crippen molar-refractivity contribution in [2.24, 2.45) is 5.92 Å². The average molecular weight is 356 g/mol. The van der Waals surface area contributed by atoms with E-state index >= 15 is 0 Å². The van der Waals surface area contributed by atoms with E-state index in [1.165, 1.54) is 12.4 Å². The number of aromatic nitrogens is 3. The first kappa shape index (κ1) is 16.9. The number of carbonyl (C=O) groups excluding carboxylic acids is 1. The van der Waals surface area contributed by atoms with Crippen LogP contribution < -0.4 is 5.56 Å². The summed E-state index contributed by atoms with van der Waals surface area (Å²) in [7, 11) is 0. The van der Waals surface area contributed by atoms with Crippen LogP contribution in [0.1, 0.15) is 37.6 Å². The molecule has 0 saturated carbocycles. The third kappa shape index (κ3) is 2.71. The number of nitrogens with zero attached hydrogens (tertiary/aromatic N) is 4. The molecule has 1 saturated heterocycles. The lowest BCUT2D eigenvalue weighted by molar-refractivity contribution is -0.131. The Morgan fingerprint density at radius 1 is 1.27 bits per heavy atom. The van der Waals surface area contributed by atoms with Crippen molar-refractivity contribution in [3.05, 3.63) is 46.0 Å². The summed E-state index contributed by atoms with van der Waals surface area (Å²) >= 11 is 0. The number of carbonyl (C=O) groups is 1. The molecule has 1 amide bonds. The molecule has 2 aliphatic heterocycles. The molecule has 0 spiro atoms. The van der Waals surface area contributed by atoms with Gasteiger partial charge in [-0.05, 0) is 24.8 Å². The fourth-order valence-electron chi connectivity index (χ4n) is 4.21. The highest BCUT2D eigenvalue weighted by Crippen LogP contribution is 2.36. The van der Waals surface area contributed by atoms with Crippen molar-refractivity contribution in [1.82, 2.24) is 19.4 Å². The molecule has 4 heterocycles. The molecule has 2 bridgehead atoms. The first-order chi connectivity index (χ1) is 12.5. The van der Waals surface area contributed by atoms with Gasteiger partial charge in [-0.1, -0.05) is 6.92 Å². The summed E-state index contributed by atoms with van der Waals surface area (Å²) in [6.45, 7) is 5.30. The molecule has 2 aromatic heterocycles. The lowest BCUT2D eigenvalue weighted by Crippen LogP contribution is -2.48. The highest BCUT2D eigenvalue weighted by Gasteiger charge is 2.36. The van der Waals surface area contributed by atoms with Gasteiger partial charge in [0, 0.05) is 49.8 Å². The van der Waals surface area contributed by atoms with Gasteiger partial charge in [0.05, 0.1) is 5.69 Å². The maximum absolute atomic E-state index is 14.7. The molecule has 0 N–H and O–H groups in total. The van der Waals surface area contributed by atoms with E-state index in [4.69, 9.17) is 0 Å². The molecule has 0 aromatic carbocycles. The minimum atomic E-state index is -0.470. The van der Waals surface area contributed by atoms with Gasteiger partial charge in [-0.2, -0.15) is 0 Å². The summed E-state index contributed by atoms with van der Waals surface area (Å²) in [6, 6.07) is 3.31. The minimum absolute atomic E-state index is 0.0566. The van der Waals surface area contributed by atoms with Gasteiger partial charge in [0.15, 0.2) is 5.82 Å². The lowest BCUT2D eigenvalue weighted by Gasteiger charge is -2.42. The number of likely N-dealkylation sites (tertiary alicyclic amines) is 1. The van der Waals surface area contributed by atoms with Crippen molar-refractivity contribution in [1.29, 1.82) is 0 Å². The number of aryl methyl sites for hydroxylation is 1. The molecule has 0 unspecified atom stereocenters. The van der Waals surface area contributed by atoms with Crippen LogP contribution >= 0.6 is 0 Å². The molecule has 0 aliphatic carbocycles. The quantitative estimate of drug-likeness (QED) is 0.825. The van der Waals surface area contributed by atoms with Crippen LogP contribution in [-0.2, 0) is 17.8 Å². The SMILES string of the molecule is CCc1ncnc(-c2cc3n(c(=O)c2)C[C@H]2C[C@@H]3CN(C(C)=O)C2)c1F. The van der Waals surface area contributed by atoms with Crippen LogP contribution in [0.3, 0.4) is 0 Å². The van der Waals surface area contributed by atoms with Crippen LogP contribution in [0, 0.1) is 11.7 Å². The highest BCUT2D eigenvalue weighted by atomic mass is 19.1. The Morgan fingerprint density at radius 3 is 2.81 bits per heavy atom. The summed E-state index contributed by atoms with van der Waals surface area (Å²) in [5.74, 6) is -0.0334. The molecule has 1 fully saturated rings. The fourth-order valence-corrected chi connectivity index (χ4v) is 4.21. The summed E-state index contributed by atoms with van der Waals surface area (Å²) in [4.78, 5) is 34.4. The van der Waals surface area contributed by atoms with Crippen LogP contribution in [0.15, 0.2) is 23.3 Å². The number of hydrogen-bond acceptors (Lipinski definition) is 4. The van der Waals surface area contributed by atoms with E-state index in [-0.39, 0.29) is 29.0 Å². The van der Waals surface area contributed by atoms with E-state index in [1.807, 2.05) is 17.9 Å². The molecule has 2 atom stereocenters. The van der Waals surface area contributed by atoms with E-state index in [0.717, 1.165) is 12.1 Å². The second-order valence-corrected chi connectivity index (χ2v) is 7.18. The van der Waals surface area contributed by atoms with Crippen molar-refractivity contribution < 1.29 is 9.18 Å². The van der Waals surface area contributed by atoms with Crippen LogP contribution in [0.25, 0.3) is 11.3 Å². The first-order valence-corrected chi connectivity index (χ1v) is 8.98. The van der Waals surface area contributed by atoms with Crippen molar-refractivity contribution in [2.75, 3.05) is 13.1 Å². The Labute approximate surface area is 150 Å². The maximum atomic E-state index is 14.7. The van der Waals surface area contributed by atoms with Crippen molar-refractivity contribution in [2.45, 2.75) is 39.2 Å². The third-order valence-corrected chi connectivity index (χ3v) is 5.47. The van der Waals surface area contributed by atoms with Crippen LogP contribution in [0.5, 0.6) is 0 Å². The Balaban J connectivity index is 1.81. The Hall–Kier alpha value is -2.57. The molecule has 26 heavy (non-hydrogen) atoms. The topological polar surface area (TPSA) is 68.1 Å². The van der Waals surface area contributed by atoms with E-state index in [2.05, 4.69) is 9.97 Å². The number of piperidine rings is 1. The van der Waals surface area contributed by atoms with E-state index in [9.17, 15) is 14.0 Å². The fraction of sp³-hybridized carbons (Fsp3) is 0.474. The largest absolute Gasteiger partial charge is 0.342 e. The lowest BCUT2D eigenvalue weighted by atomic mass is 9.82. The Kier molecular flexibility index (Phi) is 4.09. The Bertz CT molecular complexity index is 940.